The number of aromatic carboxylic acids is 1. The van der Waals surface area contributed by atoms with E-state index in [0.29, 0.717) is 6.07 Å². The summed E-state index contributed by atoms with van der Waals surface area (Å²) in [7, 11) is 0. The van der Waals surface area contributed by atoms with E-state index in [2.05, 4.69) is 0 Å². The van der Waals surface area contributed by atoms with E-state index in [9.17, 15) is 18.0 Å². The molecule has 17 heavy (non-hydrogen) atoms. The quantitative estimate of drug-likeness (QED) is 0.834. The number of halogens is 4. The summed E-state index contributed by atoms with van der Waals surface area (Å²) < 4.78 is 37.7. The van der Waals surface area contributed by atoms with Crippen LogP contribution in [0.15, 0.2) is 12.1 Å². The van der Waals surface area contributed by atoms with Crippen molar-refractivity contribution >= 4 is 17.6 Å². The third-order valence-electron chi connectivity index (χ3n) is 2.07. The third kappa shape index (κ3) is 2.50. The molecule has 0 unspecified atom stereocenters. The van der Waals surface area contributed by atoms with Crippen LogP contribution in [0.2, 0.25) is 0 Å². The molecule has 0 radical (unpaired) electrons. The zero-order chi connectivity index (χ0) is 13.2. The monoisotopic (exact) mass is 263 g/mol. The van der Waals surface area contributed by atoms with Gasteiger partial charge in [-0.25, -0.2) is 4.79 Å². The van der Waals surface area contributed by atoms with Crippen molar-refractivity contribution in [3.63, 3.8) is 0 Å². The molecule has 0 aliphatic rings. The Morgan fingerprint density at radius 3 is 2.41 bits per heavy atom. The lowest BCUT2D eigenvalue weighted by Crippen LogP contribution is -2.15. The maximum Gasteiger partial charge on any atom is 0.417 e. The van der Waals surface area contributed by atoms with E-state index < -0.39 is 28.8 Å². The molecule has 0 amide bonds. The molecule has 0 saturated heterocycles. The highest BCUT2D eigenvalue weighted by molar-refractivity contribution is 6.17. The lowest BCUT2D eigenvalue weighted by atomic mass is 9.97. The number of nitrogens with zero attached hydrogens (tertiary/aromatic N) is 1. The lowest BCUT2D eigenvalue weighted by Gasteiger charge is -2.13. The van der Waals surface area contributed by atoms with Gasteiger partial charge in [0.1, 0.15) is 6.07 Å². The number of benzene rings is 1. The molecule has 0 saturated carbocycles. The maximum atomic E-state index is 12.6. The van der Waals surface area contributed by atoms with Gasteiger partial charge in [-0.15, -0.1) is 11.6 Å². The third-order valence-corrected chi connectivity index (χ3v) is 2.35. The van der Waals surface area contributed by atoms with Crippen molar-refractivity contribution in [2.24, 2.45) is 0 Å². The first-order valence-corrected chi connectivity index (χ1v) is 4.78. The second-order valence-corrected chi connectivity index (χ2v) is 3.34. The minimum absolute atomic E-state index is 0.0552. The standard InChI is InChI=1S/C10H5ClF3NO2/c11-3-5-1-2-7(10(12,13)14)8(9(16)17)6(5)4-15/h1-2H,3H2,(H,16,17). The lowest BCUT2D eigenvalue weighted by molar-refractivity contribution is -0.138. The molecule has 0 bridgehead atoms. The number of carbonyl (C=O) groups is 1. The van der Waals surface area contributed by atoms with E-state index in [-0.39, 0.29) is 11.4 Å². The zero-order valence-corrected chi connectivity index (χ0v) is 8.93. The fourth-order valence-electron chi connectivity index (χ4n) is 1.34. The Labute approximate surface area is 99.0 Å². The summed E-state index contributed by atoms with van der Waals surface area (Å²) in [6.07, 6.45) is -4.83. The predicted octanol–water partition coefficient (Wildman–Crippen LogP) is 3.01. The van der Waals surface area contributed by atoms with Crippen molar-refractivity contribution in [3.8, 4) is 6.07 Å². The average molecular weight is 264 g/mol. The number of hydrogen-bond acceptors (Lipinski definition) is 2. The summed E-state index contributed by atoms with van der Waals surface area (Å²) in [4.78, 5) is 10.8. The molecule has 7 heteroatoms. The highest BCUT2D eigenvalue weighted by atomic mass is 35.5. The van der Waals surface area contributed by atoms with Crippen LogP contribution in [0.5, 0.6) is 0 Å². The van der Waals surface area contributed by atoms with Gasteiger partial charge in [0.2, 0.25) is 0 Å². The summed E-state index contributed by atoms with van der Waals surface area (Å²) in [5.74, 6) is -2.04. The average Bonchev–Trinajstić information content (AvgIpc) is 2.25. The minimum atomic E-state index is -4.83. The van der Waals surface area contributed by atoms with Crippen LogP contribution in [0.4, 0.5) is 13.2 Å². The first kappa shape index (κ1) is 13.3. The van der Waals surface area contributed by atoms with Crippen molar-refractivity contribution in [1.82, 2.24) is 0 Å². The maximum absolute atomic E-state index is 12.6. The predicted molar refractivity (Wildman–Crippen MR) is 52.7 cm³/mol. The second kappa shape index (κ2) is 4.63. The van der Waals surface area contributed by atoms with Crippen LogP contribution in [0.1, 0.15) is 27.0 Å². The van der Waals surface area contributed by atoms with Gasteiger partial charge in [-0.3, -0.25) is 0 Å². The summed E-state index contributed by atoms with van der Waals surface area (Å²) >= 11 is 5.43. The number of hydrogen-bond donors (Lipinski definition) is 1. The summed E-state index contributed by atoms with van der Waals surface area (Å²) in [6.45, 7) is 0. The van der Waals surface area contributed by atoms with Crippen LogP contribution in [0.25, 0.3) is 0 Å². The fourth-order valence-corrected chi connectivity index (χ4v) is 1.57. The van der Waals surface area contributed by atoms with E-state index >= 15 is 0 Å². The van der Waals surface area contributed by atoms with E-state index in [4.69, 9.17) is 22.0 Å². The van der Waals surface area contributed by atoms with Gasteiger partial charge in [0.25, 0.3) is 0 Å². The van der Waals surface area contributed by atoms with Crippen LogP contribution in [-0.4, -0.2) is 11.1 Å². The number of rotatable bonds is 2. The Morgan fingerprint density at radius 2 is 2.06 bits per heavy atom. The highest BCUT2D eigenvalue weighted by Gasteiger charge is 2.37. The van der Waals surface area contributed by atoms with E-state index in [1.54, 1.807) is 0 Å². The molecule has 1 rings (SSSR count). The van der Waals surface area contributed by atoms with Crippen molar-refractivity contribution in [2.75, 3.05) is 0 Å². The topological polar surface area (TPSA) is 61.1 Å². The minimum Gasteiger partial charge on any atom is -0.478 e. The van der Waals surface area contributed by atoms with Gasteiger partial charge in [-0.1, -0.05) is 6.07 Å². The zero-order valence-electron chi connectivity index (χ0n) is 8.18. The molecule has 1 N–H and O–H groups in total. The van der Waals surface area contributed by atoms with E-state index in [0.717, 1.165) is 6.07 Å². The van der Waals surface area contributed by atoms with Crippen molar-refractivity contribution in [1.29, 1.82) is 5.26 Å². The van der Waals surface area contributed by atoms with Crippen LogP contribution in [-0.2, 0) is 12.1 Å². The van der Waals surface area contributed by atoms with Gasteiger partial charge >= 0.3 is 12.1 Å². The summed E-state index contributed by atoms with van der Waals surface area (Å²) in [6, 6.07) is 3.06. The Kier molecular flexibility index (Phi) is 3.63. The first-order valence-electron chi connectivity index (χ1n) is 4.25. The van der Waals surface area contributed by atoms with Gasteiger partial charge in [0, 0.05) is 5.88 Å². The van der Waals surface area contributed by atoms with Gasteiger partial charge in [-0.05, 0) is 11.6 Å². The number of carboxylic acids is 1. The Balaban J connectivity index is 3.67. The van der Waals surface area contributed by atoms with Crippen molar-refractivity contribution in [2.45, 2.75) is 12.1 Å². The molecule has 0 aromatic heterocycles. The molecular formula is C10H5ClF3NO2. The molecule has 3 nitrogen and oxygen atoms in total. The molecule has 1 aromatic carbocycles. The van der Waals surface area contributed by atoms with Crippen molar-refractivity contribution in [3.05, 3.63) is 34.4 Å². The highest BCUT2D eigenvalue weighted by Crippen LogP contribution is 2.34. The Bertz CT molecular complexity index is 505. The largest absolute Gasteiger partial charge is 0.478 e. The first-order chi connectivity index (χ1) is 7.82. The van der Waals surface area contributed by atoms with Crippen LogP contribution in [0, 0.1) is 11.3 Å². The SMILES string of the molecule is N#Cc1c(CCl)ccc(C(F)(F)F)c1C(=O)O. The molecule has 0 fully saturated rings. The number of alkyl halides is 4. The number of nitriles is 1. The second-order valence-electron chi connectivity index (χ2n) is 3.07. The number of carboxylic acid groups (broad SMARTS) is 1. The Morgan fingerprint density at radius 1 is 1.47 bits per heavy atom. The van der Waals surface area contributed by atoms with Gasteiger partial charge in [-0.2, -0.15) is 18.4 Å². The van der Waals surface area contributed by atoms with Crippen molar-refractivity contribution < 1.29 is 23.1 Å². The molecule has 90 valence electrons. The molecular weight excluding hydrogens is 259 g/mol. The van der Waals surface area contributed by atoms with E-state index in [1.165, 1.54) is 6.07 Å². The summed E-state index contributed by atoms with van der Waals surface area (Å²) in [5, 5.41) is 17.5. The molecule has 1 aromatic rings. The van der Waals surface area contributed by atoms with Gasteiger partial charge in [0.15, 0.2) is 0 Å². The fraction of sp³-hybridized carbons (Fsp3) is 0.200. The molecule has 0 heterocycles. The van der Waals surface area contributed by atoms with Gasteiger partial charge in [0.05, 0.1) is 16.7 Å². The van der Waals surface area contributed by atoms with Crippen LogP contribution in [0.3, 0.4) is 0 Å². The molecule has 0 aliphatic heterocycles. The van der Waals surface area contributed by atoms with Crippen LogP contribution < -0.4 is 0 Å². The van der Waals surface area contributed by atoms with E-state index in [1.807, 2.05) is 0 Å². The molecule has 0 spiro atoms. The smallest absolute Gasteiger partial charge is 0.417 e. The van der Waals surface area contributed by atoms with Gasteiger partial charge < -0.3 is 5.11 Å². The molecule has 0 atom stereocenters. The Hall–Kier alpha value is -1.74. The molecule has 0 aliphatic carbocycles. The normalized spacial score (nSPS) is 11.0. The van der Waals surface area contributed by atoms with Crippen LogP contribution >= 0.6 is 11.6 Å². The summed E-state index contributed by atoms with van der Waals surface area (Å²) in [5.41, 5.74) is -2.91.